The van der Waals surface area contributed by atoms with Crippen molar-refractivity contribution in [2.45, 2.75) is 0 Å². The third-order valence-corrected chi connectivity index (χ3v) is 0. The first-order valence-electron chi connectivity index (χ1n) is 0.183. The molecule has 1 nitrogen and oxygen atoms in total. The van der Waals surface area contributed by atoms with Crippen LogP contribution in [0.15, 0.2) is 0 Å². The van der Waals surface area contributed by atoms with Crippen molar-refractivity contribution in [2.24, 2.45) is 0 Å². The Bertz CT molecular complexity index is 11.6. The van der Waals surface area contributed by atoms with Gasteiger partial charge in [0.25, 0.3) is 0 Å². The maximum atomic E-state index is 8.36. The molecule has 0 fully saturated rings. The molecule has 0 aliphatic rings. The van der Waals surface area contributed by atoms with Crippen LogP contribution in [0.3, 0.4) is 0 Å². The van der Waals surface area contributed by atoms with E-state index in [0.29, 0.717) is 0 Å². The number of rotatable bonds is 0. The molecule has 0 aliphatic heterocycles. The summed E-state index contributed by atoms with van der Waals surface area (Å²) in [6, 6.07) is 0. The van der Waals surface area contributed by atoms with E-state index in [-0.39, 0.29) is 102 Å². The molecule has 0 aromatic heterocycles. The first-order valence-corrected chi connectivity index (χ1v) is 1.49. The Labute approximate surface area is 103 Å². The molecule has 0 bridgehead atoms. The molecule has 1 radical (unpaired) electrons. The van der Waals surface area contributed by atoms with E-state index >= 15 is 0 Å². The Kier molecular flexibility index (Phi) is 130. The van der Waals surface area contributed by atoms with Gasteiger partial charge >= 0.3 is 43.2 Å². The van der Waals surface area contributed by atoms with Crippen LogP contribution in [-0.2, 0) is 50.5 Å². The summed E-state index contributed by atoms with van der Waals surface area (Å²) in [4.78, 5) is 0. The van der Waals surface area contributed by atoms with Gasteiger partial charge in [0.1, 0.15) is 0 Å². The molecule has 0 saturated heterocycles. The van der Waals surface area contributed by atoms with Gasteiger partial charge < -0.3 is 0 Å². The minimum atomic E-state index is 0. The van der Waals surface area contributed by atoms with Crippen molar-refractivity contribution in [3.05, 3.63) is 0 Å². The average molecular weight is 435 g/mol. The van der Waals surface area contributed by atoms with E-state index in [1.165, 1.54) is 0 Å². The van der Waals surface area contributed by atoms with E-state index in [1.807, 2.05) is 0 Å². The number of hydrogen-bond donors (Lipinski definition) is 0. The van der Waals surface area contributed by atoms with Crippen LogP contribution in [-0.4, -0.2) is 18.9 Å². The molecule has 0 aromatic carbocycles. The quantitative estimate of drug-likeness (QED) is 0.457. The summed E-state index contributed by atoms with van der Waals surface area (Å²) in [7, 11) is 0. The standard InChI is InChI=1S/La.Li.O.Ta.Zr.H. The van der Waals surface area contributed by atoms with E-state index in [9.17, 15) is 0 Å². The van der Waals surface area contributed by atoms with Crippen molar-refractivity contribution in [2.75, 3.05) is 0 Å². The smallest absolute Gasteiger partial charge is 0 e. The maximum absolute atomic E-state index is 8.36. The molecular weight excluding hydrogens is 434 g/mol. The molecule has 0 aliphatic carbocycles. The second-order valence-electron chi connectivity index (χ2n) is 0. The van der Waals surface area contributed by atoms with Crippen LogP contribution in [0, 0.1) is 35.6 Å². The normalized spacial score (nSPS) is 0.600. The van der Waals surface area contributed by atoms with Gasteiger partial charge in [0.2, 0.25) is 0 Å². The fraction of sp³-hybridized carbons (Fsp3) is 0. The van der Waals surface area contributed by atoms with Crippen molar-refractivity contribution in [1.82, 2.24) is 0 Å². The molecule has 0 amide bonds. The molecule has 20 valence electrons. The summed E-state index contributed by atoms with van der Waals surface area (Å²) in [5, 5.41) is 0. The molecule has 5 heavy (non-hydrogen) atoms. The van der Waals surface area contributed by atoms with Crippen LogP contribution in [0.25, 0.3) is 0 Å². The first-order chi connectivity index (χ1) is 1.00. The van der Waals surface area contributed by atoms with Gasteiger partial charge in [0.15, 0.2) is 0 Å². The van der Waals surface area contributed by atoms with Gasteiger partial charge in [-0.15, -0.1) is 0 Å². The zero-order valence-corrected chi connectivity index (χ0v) is 11.2. The topological polar surface area (TPSA) is 17.1 Å². The molecule has 0 rings (SSSR count). The van der Waals surface area contributed by atoms with Crippen molar-refractivity contribution < 1.29 is 86.1 Å². The molecule has 0 unspecified atom stereocenters. The molecule has 0 saturated carbocycles. The molecule has 0 aromatic rings. The summed E-state index contributed by atoms with van der Waals surface area (Å²) in [5.74, 6) is 0. The minimum absolute atomic E-state index is 0. The van der Waals surface area contributed by atoms with Crippen LogP contribution in [0.2, 0.25) is 0 Å². The van der Waals surface area contributed by atoms with Gasteiger partial charge in [-0.25, -0.2) is 0 Å². The zero-order chi connectivity index (χ0) is 2.00. The molecule has 0 N–H and O–H groups in total. The van der Waals surface area contributed by atoms with Gasteiger partial charge in [-0.1, -0.05) is 0 Å². The van der Waals surface area contributed by atoms with E-state index in [1.54, 1.807) is 0 Å². The predicted octanol–water partition coefficient (Wildman–Crippen LogP) is -0.772. The maximum Gasteiger partial charge on any atom is 0 e. The van der Waals surface area contributed by atoms with Gasteiger partial charge in [0, 0.05) is 61.8 Å². The average Bonchev–Trinajstić information content (AvgIpc) is 1.00. The molecular formula is HLaLiOTaZr. The Hall–Kier alpha value is 3.22. The third-order valence-electron chi connectivity index (χ3n) is 0. The Morgan fingerprint density at radius 3 is 1.20 bits per heavy atom. The zero-order valence-electron chi connectivity index (χ0n) is 1.93. The fourth-order valence-electron chi connectivity index (χ4n) is 0. The summed E-state index contributed by atoms with van der Waals surface area (Å²) >= 11 is 0.194. The van der Waals surface area contributed by atoms with Crippen molar-refractivity contribution in [3.63, 3.8) is 0 Å². The van der Waals surface area contributed by atoms with E-state index in [2.05, 4.69) is 0 Å². The van der Waals surface area contributed by atoms with Crippen LogP contribution >= 0.6 is 0 Å². The van der Waals surface area contributed by atoms with E-state index < -0.39 is 0 Å². The van der Waals surface area contributed by atoms with Crippen LogP contribution in [0.5, 0.6) is 0 Å². The SMILES string of the molecule is [La].[LiH].[O]=[Ta].[Zr]. The van der Waals surface area contributed by atoms with Crippen LogP contribution < -0.4 is 0 Å². The Morgan fingerprint density at radius 2 is 1.20 bits per heavy atom. The second kappa shape index (κ2) is 27.0. The Balaban J connectivity index is -0.00000000167. The first kappa shape index (κ1) is 24.1. The van der Waals surface area contributed by atoms with Crippen molar-refractivity contribution in [3.8, 4) is 0 Å². The predicted molar refractivity (Wildman–Crippen MR) is 7.84 cm³/mol. The third kappa shape index (κ3) is 19.0. The largest absolute Gasteiger partial charge is 0 e. The van der Waals surface area contributed by atoms with Gasteiger partial charge in [-0.3, -0.25) is 0 Å². The number of hydrogen-bond acceptors (Lipinski definition) is 1. The molecule has 0 spiro atoms. The van der Waals surface area contributed by atoms with Gasteiger partial charge in [-0.05, 0) is 0 Å². The summed E-state index contributed by atoms with van der Waals surface area (Å²) in [5.41, 5.74) is 0. The molecule has 5 heteroatoms. The van der Waals surface area contributed by atoms with Crippen LogP contribution in [0.1, 0.15) is 0 Å². The van der Waals surface area contributed by atoms with Crippen LogP contribution in [0.4, 0.5) is 0 Å². The summed E-state index contributed by atoms with van der Waals surface area (Å²) < 4.78 is 8.36. The fourth-order valence-corrected chi connectivity index (χ4v) is 0. The monoisotopic (exact) mass is 434 g/mol. The van der Waals surface area contributed by atoms with Crippen molar-refractivity contribution >= 4 is 18.9 Å². The van der Waals surface area contributed by atoms with E-state index in [4.69, 9.17) is 3.25 Å². The van der Waals surface area contributed by atoms with Crippen molar-refractivity contribution in [1.29, 1.82) is 0 Å². The minimum Gasteiger partial charge on any atom is 0 e. The Morgan fingerprint density at radius 1 is 1.20 bits per heavy atom. The second-order valence-corrected chi connectivity index (χ2v) is 0. The molecule has 0 atom stereocenters. The van der Waals surface area contributed by atoms with Gasteiger partial charge in [-0.2, -0.15) is 0 Å². The summed E-state index contributed by atoms with van der Waals surface area (Å²) in [6.45, 7) is 0. The van der Waals surface area contributed by atoms with Gasteiger partial charge in [0.05, 0.1) is 0 Å². The van der Waals surface area contributed by atoms with E-state index in [0.717, 1.165) is 0 Å². The summed E-state index contributed by atoms with van der Waals surface area (Å²) in [6.07, 6.45) is 0. The molecule has 0 heterocycles.